The Kier molecular flexibility index (Phi) is 10.6. The normalized spacial score (nSPS) is 29.9. The predicted octanol–water partition coefficient (Wildman–Crippen LogP) is 9.23. The quantitative estimate of drug-likeness (QED) is 0.137. The van der Waals surface area contributed by atoms with Crippen LogP contribution in [0.15, 0.2) is 77.1 Å². The van der Waals surface area contributed by atoms with Crippen LogP contribution in [0.4, 0.5) is 0 Å². The molecule has 57 heavy (non-hydrogen) atoms. The number of aromatic nitrogens is 1. The summed E-state index contributed by atoms with van der Waals surface area (Å²) >= 11 is 0. The molecule has 1 aromatic carbocycles. The Morgan fingerprint density at radius 3 is 2.47 bits per heavy atom. The number of likely N-dealkylation sites (N-methyl/N-ethyl adjacent to an activating group) is 1. The van der Waals surface area contributed by atoms with Crippen LogP contribution in [0.25, 0.3) is 6.08 Å². The summed E-state index contributed by atoms with van der Waals surface area (Å²) in [6, 6.07) is 5.61. The molecule has 1 spiro atoms. The lowest BCUT2D eigenvalue weighted by molar-refractivity contribution is -0.177. The Morgan fingerprint density at radius 2 is 1.79 bits per heavy atom. The van der Waals surface area contributed by atoms with Crippen molar-refractivity contribution in [2.24, 2.45) is 17.8 Å². The number of ketones is 1. The van der Waals surface area contributed by atoms with Gasteiger partial charge in [0.15, 0.2) is 11.4 Å². The average molecular weight is 775 g/mol. The van der Waals surface area contributed by atoms with E-state index in [1.807, 2.05) is 77.1 Å². The van der Waals surface area contributed by atoms with Crippen molar-refractivity contribution in [3.63, 3.8) is 0 Å². The van der Waals surface area contributed by atoms with Gasteiger partial charge in [-0.2, -0.15) is 0 Å². The molecule has 9 nitrogen and oxygen atoms in total. The van der Waals surface area contributed by atoms with Gasteiger partial charge < -0.3 is 29.0 Å². The van der Waals surface area contributed by atoms with Gasteiger partial charge in [0, 0.05) is 42.3 Å². The molecule has 2 aromatic rings. The van der Waals surface area contributed by atoms with Crippen LogP contribution in [0.2, 0.25) is 0 Å². The number of phenolic OH excluding ortho intramolecular Hbond substituents is 1. The molecule has 9 heteroatoms. The third-order valence-electron chi connectivity index (χ3n) is 13.0. The van der Waals surface area contributed by atoms with E-state index in [4.69, 9.17) is 14.2 Å². The van der Waals surface area contributed by atoms with E-state index in [0.29, 0.717) is 66.7 Å². The van der Waals surface area contributed by atoms with E-state index < -0.39 is 28.3 Å². The van der Waals surface area contributed by atoms with Gasteiger partial charge in [0.05, 0.1) is 29.3 Å². The lowest BCUT2D eigenvalue weighted by atomic mass is 9.50. The first-order valence-electron chi connectivity index (χ1n) is 20.5. The molecule has 3 aliphatic carbocycles. The van der Waals surface area contributed by atoms with Gasteiger partial charge in [0.25, 0.3) is 0 Å². The summed E-state index contributed by atoms with van der Waals surface area (Å²) in [5.41, 5.74) is 0.992. The van der Waals surface area contributed by atoms with Gasteiger partial charge in [-0.1, -0.05) is 41.5 Å². The second-order valence-corrected chi connectivity index (χ2v) is 18.1. The number of carbonyl (C=O) groups excluding carboxylic acids is 3. The molecule has 4 heterocycles. The summed E-state index contributed by atoms with van der Waals surface area (Å²) in [4.78, 5) is 48.8. The number of aldehydes is 1. The van der Waals surface area contributed by atoms with Gasteiger partial charge in [-0.05, 0) is 124 Å². The number of allylic oxidation sites excluding steroid dienone is 5. The number of Topliss-reactive ketones (excluding diaryl/α,β-unsaturated/α-hetero) is 1. The highest BCUT2D eigenvalue weighted by molar-refractivity contribution is 6.16. The largest absolute Gasteiger partial charge is 0.506 e. The number of amides is 1. The van der Waals surface area contributed by atoms with E-state index in [9.17, 15) is 14.7 Å². The number of carbonyl (C=O) groups is 3. The van der Waals surface area contributed by atoms with E-state index in [0.717, 1.165) is 24.0 Å². The summed E-state index contributed by atoms with van der Waals surface area (Å²) in [7, 11) is 1.74. The highest BCUT2D eigenvalue weighted by Gasteiger charge is 2.79. The van der Waals surface area contributed by atoms with Gasteiger partial charge in [0.1, 0.15) is 40.3 Å². The predicted molar refractivity (Wildman–Crippen MR) is 221 cm³/mol. The summed E-state index contributed by atoms with van der Waals surface area (Å²) in [5, 5.41) is 12.1. The van der Waals surface area contributed by atoms with Crippen molar-refractivity contribution in [1.82, 2.24) is 9.88 Å². The van der Waals surface area contributed by atoms with Gasteiger partial charge in [0.2, 0.25) is 5.91 Å². The van der Waals surface area contributed by atoms with E-state index in [-0.39, 0.29) is 47.0 Å². The summed E-state index contributed by atoms with van der Waals surface area (Å²) in [5.74, 6) is -0.890. The monoisotopic (exact) mass is 774 g/mol. The van der Waals surface area contributed by atoms with Crippen molar-refractivity contribution in [2.75, 3.05) is 7.05 Å². The highest BCUT2D eigenvalue weighted by Crippen LogP contribution is 2.69. The van der Waals surface area contributed by atoms with Crippen LogP contribution in [0.1, 0.15) is 121 Å². The maximum absolute atomic E-state index is 15.4. The molecule has 4 bridgehead atoms. The molecule has 1 saturated carbocycles. The molecule has 8 rings (SSSR count). The van der Waals surface area contributed by atoms with Crippen molar-refractivity contribution in [2.45, 2.75) is 129 Å². The van der Waals surface area contributed by atoms with E-state index in [1.165, 1.54) is 5.57 Å². The Bertz CT molecular complexity index is 2140. The standard InChI is InChI=1S/C48H58N2O7/c1-29(2)14-13-22-46(8)23-21-34-40(52)39-41(53)36-17-12-15-32-26-38-45(6,7)57-47(37(32)28-51,24-20-31(5)44(54)50(9)27-33-16-10-11-25-49-33)48(36,38)56-43(39)35(42(34)55-46)19-18-30(3)4/h10-11,14,16-18,20-21,23,25,28,32,37-38,52H,12-13,15,19,22,24,26-27H2,1-9H3/b31-20-,36-17-. The number of hydrogen-bond donors (Lipinski definition) is 1. The number of ether oxygens (including phenoxy) is 3. The number of rotatable bonds is 11. The van der Waals surface area contributed by atoms with Crippen molar-refractivity contribution in [3.8, 4) is 17.2 Å². The number of pyridine rings is 1. The molecule has 6 atom stereocenters. The third kappa shape index (κ3) is 6.69. The third-order valence-corrected chi connectivity index (χ3v) is 13.0. The van der Waals surface area contributed by atoms with Gasteiger partial charge in [-0.15, -0.1) is 0 Å². The Hall–Kier alpha value is -4.76. The van der Waals surface area contributed by atoms with Gasteiger partial charge >= 0.3 is 0 Å². The second kappa shape index (κ2) is 14.9. The molecule has 2 fully saturated rings. The molecule has 1 N–H and O–H groups in total. The minimum atomic E-state index is -1.40. The van der Waals surface area contributed by atoms with Crippen LogP contribution >= 0.6 is 0 Å². The van der Waals surface area contributed by atoms with Gasteiger partial charge in [-0.3, -0.25) is 14.6 Å². The molecule has 1 aromatic heterocycles. The number of phenols is 1. The summed E-state index contributed by atoms with van der Waals surface area (Å²) < 4.78 is 21.7. The zero-order valence-electron chi connectivity index (χ0n) is 35.0. The fourth-order valence-electron chi connectivity index (χ4n) is 10.3. The van der Waals surface area contributed by atoms with E-state index in [2.05, 4.69) is 31.0 Å². The Balaban J connectivity index is 1.40. The first-order valence-corrected chi connectivity index (χ1v) is 20.5. The van der Waals surface area contributed by atoms with Crippen molar-refractivity contribution in [3.05, 3.63) is 99.5 Å². The van der Waals surface area contributed by atoms with Gasteiger partial charge in [-0.25, -0.2) is 0 Å². The maximum Gasteiger partial charge on any atom is 0.249 e. The van der Waals surface area contributed by atoms with Crippen molar-refractivity contribution >= 4 is 24.1 Å². The minimum absolute atomic E-state index is 0.0221. The summed E-state index contributed by atoms with van der Waals surface area (Å²) in [6.07, 6.45) is 18.6. The molecule has 1 amide bonds. The maximum atomic E-state index is 15.4. The van der Waals surface area contributed by atoms with Crippen LogP contribution in [0.3, 0.4) is 0 Å². The van der Waals surface area contributed by atoms with Crippen molar-refractivity contribution in [1.29, 1.82) is 0 Å². The molecule has 0 radical (unpaired) electrons. The van der Waals surface area contributed by atoms with E-state index in [1.54, 1.807) is 25.1 Å². The van der Waals surface area contributed by atoms with E-state index >= 15 is 4.79 Å². The number of nitrogens with zero attached hydrogens (tertiary/aromatic N) is 2. The summed E-state index contributed by atoms with van der Waals surface area (Å²) in [6.45, 7) is 16.4. The molecule has 302 valence electrons. The van der Waals surface area contributed by atoms with Crippen LogP contribution in [-0.4, -0.2) is 62.4 Å². The number of hydrogen-bond acceptors (Lipinski definition) is 8. The fraction of sp³-hybridized carbons (Fsp3) is 0.500. The van der Waals surface area contributed by atoms with Crippen LogP contribution in [0.5, 0.6) is 17.2 Å². The molecular formula is C48H58N2O7. The number of aromatic hydroxyl groups is 1. The second-order valence-electron chi connectivity index (χ2n) is 18.1. The lowest BCUT2D eigenvalue weighted by Crippen LogP contribution is -2.70. The highest BCUT2D eigenvalue weighted by atomic mass is 16.6. The van der Waals surface area contributed by atoms with Crippen LogP contribution < -0.4 is 9.47 Å². The molecule has 6 aliphatic rings. The first-order chi connectivity index (χ1) is 27.0. The minimum Gasteiger partial charge on any atom is -0.506 e. The van der Waals surface area contributed by atoms with Crippen molar-refractivity contribution < 1.29 is 33.7 Å². The average Bonchev–Trinajstić information content (AvgIpc) is 3.24. The molecule has 6 unspecified atom stereocenters. The molecule has 3 aliphatic heterocycles. The smallest absolute Gasteiger partial charge is 0.249 e. The molecule has 1 saturated heterocycles. The Labute approximate surface area is 337 Å². The first kappa shape index (κ1) is 40.4. The molecular weight excluding hydrogens is 717 g/mol. The number of fused-ring (bicyclic) bond motifs is 4. The number of benzene rings is 1. The topological polar surface area (TPSA) is 115 Å². The Morgan fingerprint density at radius 1 is 1.04 bits per heavy atom. The van der Waals surface area contributed by atoms with Crippen LogP contribution in [-0.2, 0) is 27.3 Å². The fourth-order valence-corrected chi connectivity index (χ4v) is 10.3. The SMILES string of the molecule is CC(C)=CCCC1(C)C=Cc2c(O)c3c(c(CC=C(C)C)c2O1)OC12/C(=C\CCC4CC1C(C)(C)OC2(C/C=C(/C)C(=O)N(C)Cc1ccccn1)C4C=O)C3=O. The zero-order valence-corrected chi connectivity index (χ0v) is 35.0. The zero-order chi connectivity index (χ0) is 41.1. The van der Waals surface area contributed by atoms with Crippen LogP contribution in [0, 0.1) is 17.8 Å². The lowest BCUT2D eigenvalue weighted by Gasteiger charge is -2.57.